The van der Waals surface area contributed by atoms with Gasteiger partial charge in [-0.3, -0.25) is 0 Å². The van der Waals surface area contributed by atoms with E-state index in [2.05, 4.69) is 4.72 Å². The molecule has 1 atom stereocenters. The monoisotopic (exact) mass is 241 g/mol. The first-order valence-corrected chi connectivity index (χ1v) is 7.03. The minimum absolute atomic E-state index is 0.00907. The Morgan fingerprint density at radius 3 is 2.19 bits per heavy atom. The minimum atomic E-state index is -3.37. The number of sulfonamides is 1. The highest BCUT2D eigenvalue weighted by atomic mass is 32.2. The van der Waals surface area contributed by atoms with Crippen molar-refractivity contribution in [3.05, 3.63) is 30.3 Å². The molecule has 90 valence electrons. The fourth-order valence-corrected chi connectivity index (χ4v) is 3.05. The van der Waals surface area contributed by atoms with Crippen molar-refractivity contribution in [3.63, 3.8) is 0 Å². The van der Waals surface area contributed by atoms with Crippen molar-refractivity contribution in [2.75, 3.05) is 0 Å². The van der Waals surface area contributed by atoms with Crippen molar-refractivity contribution in [2.24, 2.45) is 5.92 Å². The van der Waals surface area contributed by atoms with Crippen molar-refractivity contribution in [1.82, 2.24) is 4.72 Å². The highest BCUT2D eigenvalue weighted by Crippen LogP contribution is 2.12. The van der Waals surface area contributed by atoms with Crippen LogP contribution in [0.5, 0.6) is 0 Å². The summed E-state index contributed by atoms with van der Waals surface area (Å²) in [5.41, 5.74) is 0. The molecule has 0 aliphatic heterocycles. The lowest BCUT2D eigenvalue weighted by atomic mass is 10.0. The Morgan fingerprint density at radius 1 is 1.19 bits per heavy atom. The summed E-state index contributed by atoms with van der Waals surface area (Å²) < 4.78 is 26.7. The Kier molecular flexibility index (Phi) is 4.50. The van der Waals surface area contributed by atoms with Gasteiger partial charge in [0.05, 0.1) is 4.90 Å². The van der Waals surface area contributed by atoms with Crippen LogP contribution in [0.1, 0.15) is 27.2 Å². The van der Waals surface area contributed by atoms with E-state index in [4.69, 9.17) is 0 Å². The van der Waals surface area contributed by atoms with Gasteiger partial charge in [0.1, 0.15) is 0 Å². The number of rotatable bonds is 5. The molecule has 1 rings (SSSR count). The van der Waals surface area contributed by atoms with Gasteiger partial charge in [-0.2, -0.15) is 0 Å². The summed E-state index contributed by atoms with van der Waals surface area (Å²) in [7, 11) is -3.37. The highest BCUT2D eigenvalue weighted by Gasteiger charge is 2.20. The van der Waals surface area contributed by atoms with Crippen LogP contribution >= 0.6 is 0 Å². The topological polar surface area (TPSA) is 46.2 Å². The van der Waals surface area contributed by atoms with Gasteiger partial charge in [-0.25, -0.2) is 13.1 Å². The van der Waals surface area contributed by atoms with Crippen molar-refractivity contribution in [3.8, 4) is 0 Å². The lowest BCUT2D eigenvalue weighted by Crippen LogP contribution is -2.37. The molecule has 0 amide bonds. The molecule has 0 saturated heterocycles. The minimum Gasteiger partial charge on any atom is -0.208 e. The van der Waals surface area contributed by atoms with Crippen LogP contribution in [0.25, 0.3) is 0 Å². The molecule has 1 N–H and O–H groups in total. The van der Waals surface area contributed by atoms with Gasteiger partial charge < -0.3 is 0 Å². The summed E-state index contributed by atoms with van der Waals surface area (Å²) in [5.74, 6) is 0.295. The second kappa shape index (κ2) is 5.46. The van der Waals surface area contributed by atoms with Gasteiger partial charge in [-0.05, 0) is 24.5 Å². The third-order valence-electron chi connectivity index (χ3n) is 2.60. The lowest BCUT2D eigenvalue weighted by molar-refractivity contribution is 0.437. The molecule has 0 radical (unpaired) electrons. The van der Waals surface area contributed by atoms with Crippen LogP contribution in [-0.4, -0.2) is 14.5 Å². The third kappa shape index (κ3) is 3.32. The second-order valence-electron chi connectivity index (χ2n) is 4.19. The number of nitrogens with one attached hydrogen (secondary N) is 1. The molecule has 1 unspecified atom stereocenters. The molecular weight excluding hydrogens is 222 g/mol. The fraction of sp³-hybridized carbons (Fsp3) is 0.500. The van der Waals surface area contributed by atoms with Crippen molar-refractivity contribution >= 4 is 10.0 Å². The zero-order chi connectivity index (χ0) is 12.2. The average molecular weight is 241 g/mol. The van der Waals surface area contributed by atoms with Crippen LogP contribution in [0.4, 0.5) is 0 Å². The van der Waals surface area contributed by atoms with E-state index in [1.807, 2.05) is 20.8 Å². The van der Waals surface area contributed by atoms with E-state index in [1.54, 1.807) is 30.3 Å². The van der Waals surface area contributed by atoms with Gasteiger partial charge in [0.2, 0.25) is 10.0 Å². The summed E-state index contributed by atoms with van der Waals surface area (Å²) in [6, 6.07) is 8.46. The Labute approximate surface area is 97.9 Å². The van der Waals surface area contributed by atoms with Crippen LogP contribution in [0, 0.1) is 5.92 Å². The van der Waals surface area contributed by atoms with E-state index >= 15 is 0 Å². The maximum Gasteiger partial charge on any atom is 0.240 e. The standard InChI is InChI=1S/C12H19NO2S/c1-4-12(10(2)3)13-16(14,15)11-8-6-5-7-9-11/h5-10,12-13H,4H2,1-3H3. The summed E-state index contributed by atoms with van der Waals surface area (Å²) in [4.78, 5) is 0.328. The lowest BCUT2D eigenvalue weighted by Gasteiger charge is -2.20. The van der Waals surface area contributed by atoms with Crippen molar-refractivity contribution in [2.45, 2.75) is 38.1 Å². The van der Waals surface area contributed by atoms with Gasteiger partial charge in [0.25, 0.3) is 0 Å². The Bertz CT molecular complexity index is 412. The molecule has 4 heteroatoms. The fourth-order valence-electron chi connectivity index (χ4n) is 1.56. The van der Waals surface area contributed by atoms with E-state index in [0.717, 1.165) is 6.42 Å². The zero-order valence-electron chi connectivity index (χ0n) is 9.97. The largest absolute Gasteiger partial charge is 0.240 e. The maximum atomic E-state index is 12.0. The first kappa shape index (κ1) is 13.2. The molecule has 0 spiro atoms. The van der Waals surface area contributed by atoms with Gasteiger partial charge in [-0.1, -0.05) is 39.0 Å². The van der Waals surface area contributed by atoms with Gasteiger partial charge in [0, 0.05) is 6.04 Å². The average Bonchev–Trinajstić information content (AvgIpc) is 2.27. The first-order chi connectivity index (χ1) is 7.47. The molecule has 0 aromatic heterocycles. The maximum absolute atomic E-state index is 12.0. The van der Waals surface area contributed by atoms with Crippen molar-refractivity contribution < 1.29 is 8.42 Å². The van der Waals surface area contributed by atoms with Crippen LogP contribution < -0.4 is 4.72 Å². The molecule has 1 aromatic rings. The molecule has 0 fully saturated rings. The number of hydrogen-bond donors (Lipinski definition) is 1. The Hall–Kier alpha value is -0.870. The second-order valence-corrected chi connectivity index (χ2v) is 5.91. The molecule has 0 aliphatic carbocycles. The van der Waals surface area contributed by atoms with Crippen molar-refractivity contribution in [1.29, 1.82) is 0 Å². The SMILES string of the molecule is CCC(NS(=O)(=O)c1ccccc1)C(C)C. The molecule has 16 heavy (non-hydrogen) atoms. The normalized spacial score (nSPS) is 14.0. The smallest absolute Gasteiger partial charge is 0.208 e. The van der Waals surface area contributed by atoms with Crippen LogP contribution in [0.2, 0.25) is 0 Å². The third-order valence-corrected chi connectivity index (χ3v) is 4.11. The van der Waals surface area contributed by atoms with Crippen LogP contribution in [0.15, 0.2) is 35.2 Å². The number of benzene rings is 1. The van der Waals surface area contributed by atoms with Gasteiger partial charge in [0.15, 0.2) is 0 Å². The van der Waals surface area contributed by atoms with Gasteiger partial charge >= 0.3 is 0 Å². The Balaban J connectivity index is 2.88. The van der Waals surface area contributed by atoms with E-state index in [0.29, 0.717) is 10.8 Å². The van der Waals surface area contributed by atoms with Gasteiger partial charge in [-0.15, -0.1) is 0 Å². The highest BCUT2D eigenvalue weighted by molar-refractivity contribution is 7.89. The van der Waals surface area contributed by atoms with E-state index in [9.17, 15) is 8.42 Å². The molecule has 0 bridgehead atoms. The first-order valence-electron chi connectivity index (χ1n) is 5.54. The Morgan fingerprint density at radius 2 is 1.75 bits per heavy atom. The number of hydrogen-bond acceptors (Lipinski definition) is 2. The molecule has 0 saturated carbocycles. The summed E-state index contributed by atoms with van der Waals surface area (Å²) >= 11 is 0. The predicted molar refractivity (Wildman–Crippen MR) is 65.7 cm³/mol. The molecular formula is C12H19NO2S. The zero-order valence-corrected chi connectivity index (χ0v) is 10.8. The van der Waals surface area contributed by atoms with Crippen LogP contribution in [-0.2, 0) is 10.0 Å². The molecule has 3 nitrogen and oxygen atoms in total. The quantitative estimate of drug-likeness (QED) is 0.860. The summed E-state index contributed by atoms with van der Waals surface area (Å²) in [6.45, 7) is 6.02. The predicted octanol–water partition coefficient (Wildman–Crippen LogP) is 2.40. The molecule has 0 aliphatic rings. The summed E-state index contributed by atoms with van der Waals surface area (Å²) in [5, 5.41) is 0. The van der Waals surface area contributed by atoms with E-state index < -0.39 is 10.0 Å². The van der Waals surface area contributed by atoms with Crippen LogP contribution in [0.3, 0.4) is 0 Å². The molecule has 1 aromatic carbocycles. The summed E-state index contributed by atoms with van der Waals surface area (Å²) in [6.07, 6.45) is 0.795. The molecule has 0 heterocycles. The van der Waals surface area contributed by atoms with E-state index in [1.165, 1.54) is 0 Å². The van der Waals surface area contributed by atoms with E-state index in [-0.39, 0.29) is 6.04 Å².